The highest BCUT2D eigenvalue weighted by molar-refractivity contribution is 6.33. The predicted octanol–water partition coefficient (Wildman–Crippen LogP) is 5.65. The van der Waals surface area contributed by atoms with Gasteiger partial charge in [-0.25, -0.2) is 0 Å². The van der Waals surface area contributed by atoms with E-state index in [9.17, 15) is 4.79 Å². The number of carbonyl (C=O) groups excluding carboxylic acids is 1. The summed E-state index contributed by atoms with van der Waals surface area (Å²) in [6, 6.07) is 18.3. The molecule has 0 saturated heterocycles. The van der Waals surface area contributed by atoms with E-state index in [2.05, 4.69) is 5.32 Å². The highest BCUT2D eigenvalue weighted by Gasteiger charge is 2.08. The summed E-state index contributed by atoms with van der Waals surface area (Å²) in [5.74, 6) is 1.58. The zero-order chi connectivity index (χ0) is 18.4. The van der Waals surface area contributed by atoms with Gasteiger partial charge in [-0.1, -0.05) is 35.9 Å². The second kappa shape index (κ2) is 8.41. The van der Waals surface area contributed by atoms with E-state index in [1.165, 1.54) is 6.08 Å². The number of carbonyl (C=O) groups is 1. The second-order valence-corrected chi connectivity index (χ2v) is 5.84. The third-order valence-corrected chi connectivity index (χ3v) is 3.94. The van der Waals surface area contributed by atoms with Crippen LogP contribution in [0.5, 0.6) is 5.75 Å². The van der Waals surface area contributed by atoms with Crippen molar-refractivity contribution in [3.8, 4) is 17.1 Å². The van der Waals surface area contributed by atoms with Gasteiger partial charge in [-0.15, -0.1) is 0 Å². The number of ether oxygens (including phenoxy) is 1. The molecule has 1 heterocycles. The van der Waals surface area contributed by atoms with E-state index in [4.69, 9.17) is 20.8 Å². The van der Waals surface area contributed by atoms with Crippen molar-refractivity contribution in [2.24, 2.45) is 0 Å². The van der Waals surface area contributed by atoms with E-state index < -0.39 is 0 Å². The lowest BCUT2D eigenvalue weighted by Gasteiger charge is -2.09. The quantitative estimate of drug-likeness (QED) is 0.572. The molecule has 132 valence electrons. The maximum atomic E-state index is 12.2. The molecule has 4 nitrogen and oxygen atoms in total. The normalized spacial score (nSPS) is 10.8. The Labute approximate surface area is 157 Å². The molecule has 26 heavy (non-hydrogen) atoms. The third-order valence-electron chi connectivity index (χ3n) is 3.61. The molecule has 0 bridgehead atoms. The fourth-order valence-corrected chi connectivity index (χ4v) is 2.66. The van der Waals surface area contributed by atoms with E-state index >= 15 is 0 Å². The molecule has 0 atom stereocenters. The Morgan fingerprint density at radius 1 is 1.12 bits per heavy atom. The first-order valence-electron chi connectivity index (χ1n) is 8.23. The molecule has 2 aromatic carbocycles. The van der Waals surface area contributed by atoms with Crippen LogP contribution in [0, 0.1) is 0 Å². The standard InChI is InChI=1S/C21H18ClNO3/c1-2-25-20-10-6-5-9-18(20)23-21(24)14-12-15-11-13-19(26-15)16-7-3-4-8-17(16)22/h3-14H,2H2,1H3,(H,23,24)/b14-12+. The molecule has 1 aromatic heterocycles. The van der Waals surface area contributed by atoms with Crippen molar-refractivity contribution in [2.75, 3.05) is 11.9 Å². The zero-order valence-electron chi connectivity index (χ0n) is 14.2. The van der Waals surface area contributed by atoms with Gasteiger partial charge in [0.25, 0.3) is 0 Å². The zero-order valence-corrected chi connectivity index (χ0v) is 15.0. The first-order valence-corrected chi connectivity index (χ1v) is 8.61. The number of benzene rings is 2. The summed E-state index contributed by atoms with van der Waals surface area (Å²) in [7, 11) is 0. The fraction of sp³-hybridized carbons (Fsp3) is 0.0952. The fourth-order valence-electron chi connectivity index (χ4n) is 2.43. The monoisotopic (exact) mass is 367 g/mol. The Morgan fingerprint density at radius 2 is 1.88 bits per heavy atom. The highest BCUT2D eigenvalue weighted by Crippen LogP contribution is 2.29. The van der Waals surface area contributed by atoms with Crippen LogP contribution >= 0.6 is 11.6 Å². The second-order valence-electron chi connectivity index (χ2n) is 5.43. The molecule has 3 aromatic rings. The van der Waals surface area contributed by atoms with Gasteiger partial charge in [0.15, 0.2) is 0 Å². The van der Waals surface area contributed by atoms with Crippen molar-refractivity contribution >= 4 is 29.3 Å². The van der Waals surface area contributed by atoms with Crippen LogP contribution in [-0.4, -0.2) is 12.5 Å². The number of furan rings is 1. The van der Waals surface area contributed by atoms with Gasteiger partial charge in [-0.2, -0.15) is 0 Å². The molecule has 0 spiro atoms. The molecule has 0 fully saturated rings. The summed E-state index contributed by atoms with van der Waals surface area (Å²) in [4.78, 5) is 12.2. The minimum atomic E-state index is -0.271. The van der Waals surface area contributed by atoms with Crippen LogP contribution in [-0.2, 0) is 4.79 Å². The number of anilines is 1. The number of para-hydroxylation sites is 2. The SMILES string of the molecule is CCOc1ccccc1NC(=O)/C=C/c1ccc(-c2ccccc2Cl)o1. The number of hydrogen-bond donors (Lipinski definition) is 1. The molecule has 1 amide bonds. The van der Waals surface area contributed by atoms with Gasteiger partial charge in [0.1, 0.15) is 17.3 Å². The Hall–Kier alpha value is -2.98. The molecule has 0 aliphatic rings. The Kier molecular flexibility index (Phi) is 5.77. The van der Waals surface area contributed by atoms with Gasteiger partial charge in [0.2, 0.25) is 5.91 Å². The van der Waals surface area contributed by atoms with Crippen molar-refractivity contribution in [1.82, 2.24) is 0 Å². The molecule has 0 saturated carbocycles. The Morgan fingerprint density at radius 3 is 2.69 bits per heavy atom. The Balaban J connectivity index is 1.69. The van der Waals surface area contributed by atoms with Crippen LogP contribution in [0.3, 0.4) is 0 Å². The molecule has 0 unspecified atom stereocenters. The van der Waals surface area contributed by atoms with Crippen LogP contribution in [0.15, 0.2) is 71.2 Å². The van der Waals surface area contributed by atoms with Gasteiger partial charge in [-0.05, 0) is 49.4 Å². The lowest BCUT2D eigenvalue weighted by molar-refractivity contribution is -0.111. The van der Waals surface area contributed by atoms with Crippen molar-refractivity contribution < 1.29 is 13.9 Å². The third kappa shape index (κ3) is 4.35. The minimum absolute atomic E-state index is 0.271. The number of rotatable bonds is 6. The molecule has 3 rings (SSSR count). The van der Waals surface area contributed by atoms with Crippen molar-refractivity contribution in [3.05, 3.63) is 77.5 Å². The average Bonchev–Trinajstić information content (AvgIpc) is 3.11. The van der Waals surface area contributed by atoms with Crippen LogP contribution < -0.4 is 10.1 Å². The highest BCUT2D eigenvalue weighted by atomic mass is 35.5. The lowest BCUT2D eigenvalue weighted by atomic mass is 10.2. The van der Waals surface area contributed by atoms with Crippen LogP contribution in [0.1, 0.15) is 12.7 Å². The van der Waals surface area contributed by atoms with Gasteiger partial charge in [-0.3, -0.25) is 4.79 Å². The van der Waals surface area contributed by atoms with E-state index in [-0.39, 0.29) is 5.91 Å². The topological polar surface area (TPSA) is 51.5 Å². The molecule has 0 aliphatic heterocycles. The van der Waals surface area contributed by atoms with Gasteiger partial charge in [0, 0.05) is 11.6 Å². The van der Waals surface area contributed by atoms with Crippen LogP contribution in [0.2, 0.25) is 5.02 Å². The number of hydrogen-bond acceptors (Lipinski definition) is 3. The first-order chi connectivity index (χ1) is 12.7. The maximum absolute atomic E-state index is 12.2. The van der Waals surface area contributed by atoms with Gasteiger partial charge >= 0.3 is 0 Å². The summed E-state index contributed by atoms with van der Waals surface area (Å²) in [5, 5.41) is 3.41. The molecule has 5 heteroatoms. The van der Waals surface area contributed by atoms with Gasteiger partial charge in [0.05, 0.1) is 17.3 Å². The van der Waals surface area contributed by atoms with E-state index in [1.54, 1.807) is 24.3 Å². The van der Waals surface area contributed by atoms with E-state index in [0.29, 0.717) is 34.6 Å². The molecular formula is C21H18ClNO3. The van der Waals surface area contributed by atoms with Crippen molar-refractivity contribution in [3.63, 3.8) is 0 Å². The summed E-state index contributed by atoms with van der Waals surface area (Å²) >= 11 is 6.17. The molecule has 0 aliphatic carbocycles. The smallest absolute Gasteiger partial charge is 0.248 e. The number of amides is 1. The minimum Gasteiger partial charge on any atom is -0.492 e. The van der Waals surface area contributed by atoms with Crippen LogP contribution in [0.4, 0.5) is 5.69 Å². The van der Waals surface area contributed by atoms with E-state index in [0.717, 1.165) is 5.56 Å². The summed E-state index contributed by atoms with van der Waals surface area (Å²) in [6.07, 6.45) is 3.02. The average molecular weight is 368 g/mol. The lowest BCUT2D eigenvalue weighted by Crippen LogP contribution is -2.09. The predicted molar refractivity (Wildman–Crippen MR) is 104 cm³/mol. The number of nitrogens with one attached hydrogen (secondary N) is 1. The summed E-state index contributed by atoms with van der Waals surface area (Å²) < 4.78 is 11.2. The molecule has 0 radical (unpaired) electrons. The number of halogens is 1. The van der Waals surface area contributed by atoms with Gasteiger partial charge < -0.3 is 14.5 Å². The van der Waals surface area contributed by atoms with Crippen molar-refractivity contribution in [2.45, 2.75) is 6.92 Å². The first kappa shape index (κ1) is 17.8. The Bertz CT molecular complexity index is 930. The largest absolute Gasteiger partial charge is 0.492 e. The maximum Gasteiger partial charge on any atom is 0.248 e. The summed E-state index contributed by atoms with van der Waals surface area (Å²) in [6.45, 7) is 2.42. The summed E-state index contributed by atoms with van der Waals surface area (Å²) in [5.41, 5.74) is 1.43. The molecule has 1 N–H and O–H groups in total. The van der Waals surface area contributed by atoms with Crippen LogP contribution in [0.25, 0.3) is 17.4 Å². The van der Waals surface area contributed by atoms with Crippen molar-refractivity contribution in [1.29, 1.82) is 0 Å². The molecular weight excluding hydrogens is 350 g/mol. The van der Waals surface area contributed by atoms with E-state index in [1.807, 2.05) is 49.4 Å².